The number of carboxylic acids is 1. The van der Waals surface area contributed by atoms with Crippen LogP contribution in [0.1, 0.15) is 20.3 Å². The van der Waals surface area contributed by atoms with Gasteiger partial charge in [-0.2, -0.15) is 0 Å². The van der Waals surface area contributed by atoms with Crippen LogP contribution in [0.5, 0.6) is 0 Å². The maximum Gasteiger partial charge on any atom is 1.00 e. The molecular weight excluding hydrogens is 144 g/mol. The number of rotatable bonds is 3. The van der Waals surface area contributed by atoms with Crippen molar-refractivity contribution < 1.29 is 44.3 Å². The molecule has 0 amide bonds. The van der Waals surface area contributed by atoms with Crippen LogP contribution in [-0.4, -0.2) is 11.8 Å². The van der Waals surface area contributed by atoms with E-state index in [0.29, 0.717) is 0 Å². The summed E-state index contributed by atoms with van der Waals surface area (Å²) in [6.07, 6.45) is 0.0718. The molecule has 0 N–H and O–H groups in total. The maximum absolute atomic E-state index is 10.3. The average molecular weight is 153 g/mol. The SMILES string of the molecule is CC(C)CC(=O)[13C](=O)[O-].[Na+]. The Labute approximate surface area is 82.1 Å². The van der Waals surface area contributed by atoms with Crippen molar-refractivity contribution in [1.29, 1.82) is 0 Å². The fourth-order valence-electron chi connectivity index (χ4n) is 0.454. The Hall–Kier alpha value is 0.140. The van der Waals surface area contributed by atoms with E-state index < -0.39 is 11.8 Å². The molecule has 0 aliphatic heterocycles. The van der Waals surface area contributed by atoms with Crippen LogP contribution in [0, 0.1) is 5.92 Å². The number of Topliss-reactive ketones (excluding diaryl/α,β-unsaturated/α-hetero) is 1. The molecule has 0 heterocycles. The molecule has 3 nitrogen and oxygen atoms in total. The number of carbonyl (C=O) groups excluding carboxylic acids is 2. The molecule has 0 fully saturated rings. The molecule has 0 aliphatic carbocycles. The van der Waals surface area contributed by atoms with Crippen LogP contribution in [0.3, 0.4) is 0 Å². The fraction of sp³-hybridized carbons (Fsp3) is 0.667. The van der Waals surface area contributed by atoms with Crippen LogP contribution >= 0.6 is 0 Å². The van der Waals surface area contributed by atoms with E-state index in [9.17, 15) is 14.7 Å². The predicted molar refractivity (Wildman–Crippen MR) is 29.5 cm³/mol. The molecule has 52 valence electrons. The van der Waals surface area contributed by atoms with E-state index in [0.717, 1.165) is 0 Å². The summed E-state index contributed by atoms with van der Waals surface area (Å²) in [6, 6.07) is 0. The second-order valence-corrected chi connectivity index (χ2v) is 2.31. The van der Waals surface area contributed by atoms with E-state index in [-0.39, 0.29) is 41.9 Å². The molecule has 0 bridgehead atoms. The smallest absolute Gasteiger partial charge is 0.542 e. The van der Waals surface area contributed by atoms with Crippen LogP contribution in [0.4, 0.5) is 0 Å². The van der Waals surface area contributed by atoms with Crippen molar-refractivity contribution in [1.82, 2.24) is 0 Å². The van der Waals surface area contributed by atoms with Gasteiger partial charge < -0.3 is 9.90 Å². The quantitative estimate of drug-likeness (QED) is 0.239. The first-order valence-electron chi connectivity index (χ1n) is 2.78. The van der Waals surface area contributed by atoms with Gasteiger partial charge in [0.15, 0.2) is 5.78 Å². The van der Waals surface area contributed by atoms with Crippen LogP contribution in [0.25, 0.3) is 0 Å². The number of hydrogen-bond acceptors (Lipinski definition) is 3. The normalized spacial score (nSPS) is 8.70. The van der Waals surface area contributed by atoms with Crippen molar-refractivity contribution in [2.75, 3.05) is 0 Å². The second-order valence-electron chi connectivity index (χ2n) is 2.31. The van der Waals surface area contributed by atoms with E-state index in [1.54, 1.807) is 13.8 Å². The summed E-state index contributed by atoms with van der Waals surface area (Å²) >= 11 is 0. The third-order valence-corrected chi connectivity index (χ3v) is 0.821. The number of carbonyl (C=O) groups is 2. The van der Waals surface area contributed by atoms with Crippen molar-refractivity contribution in [2.24, 2.45) is 5.92 Å². The number of hydrogen-bond donors (Lipinski definition) is 0. The summed E-state index contributed by atoms with van der Waals surface area (Å²) in [5.74, 6) is -2.30. The molecule has 0 aromatic rings. The molecule has 0 aromatic carbocycles. The number of aliphatic carboxylic acids is 1. The topological polar surface area (TPSA) is 57.2 Å². The third-order valence-electron chi connectivity index (χ3n) is 0.821. The largest absolute Gasteiger partial charge is 1.00 e. The van der Waals surface area contributed by atoms with Gasteiger partial charge in [0.2, 0.25) is 0 Å². The molecule has 10 heavy (non-hydrogen) atoms. The zero-order chi connectivity index (χ0) is 7.44. The number of ketones is 1. The summed E-state index contributed by atoms with van der Waals surface area (Å²) in [4.78, 5) is 20.1. The minimum absolute atomic E-state index is 0. The molecule has 0 unspecified atom stereocenters. The molecule has 0 saturated carbocycles. The van der Waals surface area contributed by atoms with Crippen molar-refractivity contribution in [3.63, 3.8) is 0 Å². The molecular formula is C6H9NaO3. The minimum Gasteiger partial charge on any atom is -0.542 e. The molecule has 0 atom stereocenters. The standard InChI is InChI=1S/C6H10O3.Na/c1-4(2)3-5(7)6(8)9;/h4H,3H2,1-2H3,(H,8,9);/q;+1/p-1/i6+1;. The molecule has 0 aromatic heterocycles. The second kappa shape index (κ2) is 5.89. The molecule has 0 spiro atoms. The monoisotopic (exact) mass is 153 g/mol. The van der Waals surface area contributed by atoms with Gasteiger partial charge in [-0.15, -0.1) is 0 Å². The van der Waals surface area contributed by atoms with Crippen LogP contribution in [0.2, 0.25) is 0 Å². The van der Waals surface area contributed by atoms with Gasteiger partial charge in [-0.25, -0.2) is 0 Å². The van der Waals surface area contributed by atoms with E-state index in [2.05, 4.69) is 0 Å². The summed E-state index contributed by atoms with van der Waals surface area (Å²) in [5, 5.41) is 9.77. The Bertz CT molecular complexity index is 131. The predicted octanol–water partition coefficient (Wildman–Crippen LogP) is -3.64. The Morgan fingerprint density at radius 2 is 1.80 bits per heavy atom. The van der Waals surface area contributed by atoms with Gasteiger partial charge in [-0.05, 0) is 5.92 Å². The molecule has 0 rings (SSSR count). The first-order valence-corrected chi connectivity index (χ1v) is 2.78. The third kappa shape index (κ3) is 6.26. The van der Waals surface area contributed by atoms with Gasteiger partial charge in [-0.3, -0.25) is 4.79 Å². The van der Waals surface area contributed by atoms with E-state index in [1.807, 2.05) is 0 Å². The van der Waals surface area contributed by atoms with E-state index in [1.165, 1.54) is 0 Å². The minimum atomic E-state index is -1.58. The summed E-state index contributed by atoms with van der Waals surface area (Å²) in [7, 11) is 0. The van der Waals surface area contributed by atoms with E-state index in [4.69, 9.17) is 0 Å². The molecule has 4 heteroatoms. The van der Waals surface area contributed by atoms with Crippen molar-refractivity contribution >= 4 is 11.8 Å². The first-order chi connectivity index (χ1) is 4.04. The Balaban J connectivity index is 0. The van der Waals surface area contributed by atoms with Crippen LogP contribution in [0.15, 0.2) is 0 Å². The average Bonchev–Trinajstić information content (AvgIpc) is 1.63. The molecule has 0 aliphatic rings. The zero-order valence-electron chi connectivity index (χ0n) is 6.51. The van der Waals surface area contributed by atoms with Crippen LogP contribution in [-0.2, 0) is 9.59 Å². The van der Waals surface area contributed by atoms with Crippen molar-refractivity contribution in [2.45, 2.75) is 20.3 Å². The Kier molecular flexibility index (Phi) is 7.53. The van der Waals surface area contributed by atoms with Gasteiger partial charge >= 0.3 is 29.6 Å². The van der Waals surface area contributed by atoms with Crippen LogP contribution < -0.4 is 34.7 Å². The van der Waals surface area contributed by atoms with E-state index >= 15 is 0 Å². The zero-order valence-corrected chi connectivity index (χ0v) is 8.51. The van der Waals surface area contributed by atoms with Gasteiger partial charge in [0.1, 0.15) is 5.97 Å². The molecule has 0 saturated heterocycles. The maximum atomic E-state index is 10.3. The van der Waals surface area contributed by atoms with Gasteiger partial charge in [0, 0.05) is 6.42 Å². The Morgan fingerprint density at radius 3 is 1.90 bits per heavy atom. The number of carboxylic acid groups (broad SMARTS) is 1. The first kappa shape index (κ1) is 12.8. The summed E-state index contributed by atoms with van der Waals surface area (Å²) in [6.45, 7) is 3.56. The summed E-state index contributed by atoms with van der Waals surface area (Å²) < 4.78 is 0. The van der Waals surface area contributed by atoms with Gasteiger partial charge in [-0.1, -0.05) is 13.8 Å². The van der Waals surface area contributed by atoms with Gasteiger partial charge in [0.05, 0.1) is 0 Å². The van der Waals surface area contributed by atoms with Crippen molar-refractivity contribution in [3.8, 4) is 0 Å². The van der Waals surface area contributed by atoms with Gasteiger partial charge in [0.25, 0.3) is 0 Å². The summed E-state index contributed by atoms with van der Waals surface area (Å²) in [5.41, 5.74) is 0. The van der Waals surface area contributed by atoms with Crippen molar-refractivity contribution in [3.05, 3.63) is 0 Å². The fourth-order valence-corrected chi connectivity index (χ4v) is 0.454. The Morgan fingerprint density at radius 1 is 1.40 bits per heavy atom. The molecule has 0 radical (unpaired) electrons.